The molecule has 1 aromatic carbocycles. The fourth-order valence-corrected chi connectivity index (χ4v) is 5.14. The lowest BCUT2D eigenvalue weighted by Gasteiger charge is -2.38. The monoisotopic (exact) mass is 461 g/mol. The number of amides is 2. The lowest BCUT2D eigenvalue weighted by Crippen LogP contribution is -2.57. The van der Waals surface area contributed by atoms with E-state index in [4.69, 9.17) is 4.42 Å². The van der Waals surface area contributed by atoms with Gasteiger partial charge in [-0.3, -0.25) is 9.59 Å². The first-order chi connectivity index (χ1) is 15.3. The Balaban J connectivity index is 1.75. The van der Waals surface area contributed by atoms with Gasteiger partial charge in [0.15, 0.2) is 0 Å². The number of nitrogens with zero attached hydrogens (tertiary/aromatic N) is 1. The molecule has 8 nitrogen and oxygen atoms in total. The van der Waals surface area contributed by atoms with Crippen molar-refractivity contribution in [3.05, 3.63) is 54.5 Å². The van der Waals surface area contributed by atoms with Crippen LogP contribution in [0.1, 0.15) is 45.3 Å². The van der Waals surface area contributed by atoms with Gasteiger partial charge in [-0.25, -0.2) is 13.1 Å². The molecule has 1 aliphatic rings. The molecule has 0 radical (unpaired) electrons. The third kappa shape index (κ3) is 5.98. The molecular weight excluding hydrogens is 430 g/mol. The van der Waals surface area contributed by atoms with E-state index in [0.717, 1.165) is 25.7 Å². The van der Waals surface area contributed by atoms with Crippen LogP contribution in [-0.2, 0) is 26.2 Å². The van der Waals surface area contributed by atoms with Gasteiger partial charge < -0.3 is 14.6 Å². The Bertz CT molecular complexity index is 984. The summed E-state index contributed by atoms with van der Waals surface area (Å²) in [7, 11) is -3.83. The summed E-state index contributed by atoms with van der Waals surface area (Å²) in [5, 5.41) is 2.86. The third-order valence-electron chi connectivity index (χ3n) is 5.69. The number of nitrogens with one attached hydrogen (secondary N) is 2. The minimum Gasteiger partial charge on any atom is -0.467 e. The van der Waals surface area contributed by atoms with E-state index < -0.39 is 28.5 Å². The van der Waals surface area contributed by atoms with Crippen molar-refractivity contribution >= 4 is 21.8 Å². The molecule has 0 unspecified atom stereocenters. The molecule has 2 amide bonds. The summed E-state index contributed by atoms with van der Waals surface area (Å²) in [5.41, 5.74) is 0. The Morgan fingerprint density at radius 2 is 1.78 bits per heavy atom. The first kappa shape index (κ1) is 24.0. The van der Waals surface area contributed by atoms with Crippen molar-refractivity contribution in [3.8, 4) is 0 Å². The average molecular weight is 462 g/mol. The molecule has 1 heterocycles. The molecule has 0 saturated heterocycles. The van der Waals surface area contributed by atoms with Crippen LogP contribution in [-0.4, -0.2) is 43.8 Å². The Kier molecular flexibility index (Phi) is 8.09. The summed E-state index contributed by atoms with van der Waals surface area (Å²) < 4.78 is 32.8. The lowest BCUT2D eigenvalue weighted by atomic mass is 9.98. The van der Waals surface area contributed by atoms with Crippen molar-refractivity contribution in [2.75, 3.05) is 6.54 Å². The van der Waals surface area contributed by atoms with Gasteiger partial charge in [0.25, 0.3) is 0 Å². The maximum Gasteiger partial charge on any atom is 0.243 e. The van der Waals surface area contributed by atoms with E-state index in [1.807, 2.05) is 13.8 Å². The van der Waals surface area contributed by atoms with Gasteiger partial charge in [0.2, 0.25) is 21.8 Å². The van der Waals surface area contributed by atoms with Crippen molar-refractivity contribution in [1.82, 2.24) is 14.9 Å². The number of carbonyl (C=O) groups is 2. The highest BCUT2D eigenvalue weighted by Crippen LogP contribution is 2.28. The van der Waals surface area contributed by atoms with Crippen LogP contribution in [0.25, 0.3) is 0 Å². The van der Waals surface area contributed by atoms with Gasteiger partial charge in [0.05, 0.1) is 24.2 Å². The highest BCUT2D eigenvalue weighted by molar-refractivity contribution is 7.89. The second kappa shape index (κ2) is 10.8. The maximum atomic E-state index is 13.3. The molecule has 0 bridgehead atoms. The molecule has 2 aromatic rings. The number of furan rings is 1. The molecule has 3 rings (SSSR count). The Morgan fingerprint density at radius 3 is 2.38 bits per heavy atom. The fraction of sp³-hybridized carbons (Fsp3) is 0.478. The third-order valence-corrected chi connectivity index (χ3v) is 7.11. The highest BCUT2D eigenvalue weighted by Gasteiger charge is 2.38. The van der Waals surface area contributed by atoms with Gasteiger partial charge in [-0.2, -0.15) is 0 Å². The zero-order valence-corrected chi connectivity index (χ0v) is 19.3. The topological polar surface area (TPSA) is 109 Å². The van der Waals surface area contributed by atoms with Crippen LogP contribution >= 0.6 is 0 Å². The summed E-state index contributed by atoms with van der Waals surface area (Å²) in [5.74, 6) is -0.206. The Morgan fingerprint density at radius 1 is 1.09 bits per heavy atom. The van der Waals surface area contributed by atoms with E-state index >= 15 is 0 Å². The molecule has 0 aliphatic heterocycles. The number of rotatable bonds is 10. The molecule has 9 heteroatoms. The summed E-state index contributed by atoms with van der Waals surface area (Å²) in [6, 6.07) is 10.6. The van der Waals surface area contributed by atoms with Gasteiger partial charge in [-0.1, -0.05) is 44.9 Å². The van der Waals surface area contributed by atoms with Crippen molar-refractivity contribution in [2.45, 2.75) is 63.1 Å². The van der Waals surface area contributed by atoms with E-state index in [0.29, 0.717) is 5.76 Å². The Hall–Kier alpha value is -2.65. The lowest BCUT2D eigenvalue weighted by molar-refractivity contribution is -0.144. The largest absolute Gasteiger partial charge is 0.467 e. The minimum absolute atomic E-state index is 0.0921. The van der Waals surface area contributed by atoms with Gasteiger partial charge in [-0.05, 0) is 43.0 Å². The predicted octanol–water partition coefficient (Wildman–Crippen LogP) is 2.67. The second-order valence-corrected chi connectivity index (χ2v) is 10.1. The first-order valence-corrected chi connectivity index (χ1v) is 12.4. The van der Waals surface area contributed by atoms with Crippen LogP contribution in [0.2, 0.25) is 0 Å². The quantitative estimate of drug-likeness (QED) is 0.565. The summed E-state index contributed by atoms with van der Waals surface area (Å²) in [6.45, 7) is 3.60. The van der Waals surface area contributed by atoms with E-state index in [9.17, 15) is 18.0 Å². The molecule has 32 heavy (non-hydrogen) atoms. The van der Waals surface area contributed by atoms with Crippen molar-refractivity contribution < 1.29 is 22.4 Å². The average Bonchev–Trinajstić information content (AvgIpc) is 3.49. The van der Waals surface area contributed by atoms with Gasteiger partial charge in [0, 0.05) is 6.04 Å². The SMILES string of the molecule is CC(C)[C@H](C(=O)NCc1ccco1)N(C(=O)CNS(=O)(=O)c1ccccc1)C1CCCC1. The number of carbonyl (C=O) groups excluding carboxylic acids is 2. The normalized spacial score (nSPS) is 15.6. The maximum absolute atomic E-state index is 13.3. The molecule has 1 aliphatic carbocycles. The predicted molar refractivity (Wildman–Crippen MR) is 120 cm³/mol. The summed E-state index contributed by atoms with van der Waals surface area (Å²) in [6.07, 6.45) is 5.08. The number of hydrogen-bond donors (Lipinski definition) is 2. The zero-order valence-electron chi connectivity index (χ0n) is 18.5. The van der Waals surface area contributed by atoms with Crippen LogP contribution in [0.5, 0.6) is 0 Å². The molecule has 1 fully saturated rings. The fourth-order valence-electron chi connectivity index (χ4n) is 4.14. The molecular formula is C23H31N3O5S. The standard InChI is InChI=1S/C23H31N3O5S/c1-17(2)22(23(28)24-15-19-11-8-14-31-19)26(18-9-6-7-10-18)21(27)16-25-32(29,30)20-12-4-3-5-13-20/h3-5,8,11-14,17-18,22,25H,6-7,9-10,15-16H2,1-2H3,(H,24,28)/t22-/m1/s1. The number of benzene rings is 1. The molecule has 1 atom stereocenters. The smallest absolute Gasteiger partial charge is 0.243 e. The van der Waals surface area contributed by atoms with E-state index in [-0.39, 0.29) is 29.3 Å². The molecule has 0 spiro atoms. The first-order valence-electron chi connectivity index (χ1n) is 11.0. The van der Waals surface area contributed by atoms with Crippen LogP contribution < -0.4 is 10.0 Å². The molecule has 1 aromatic heterocycles. The van der Waals surface area contributed by atoms with Gasteiger partial charge in [-0.15, -0.1) is 0 Å². The molecule has 1 saturated carbocycles. The Labute approximate surface area is 189 Å². The van der Waals surface area contributed by atoms with Crippen LogP contribution in [0.15, 0.2) is 58.0 Å². The van der Waals surface area contributed by atoms with Crippen molar-refractivity contribution in [1.29, 1.82) is 0 Å². The summed E-state index contributed by atoms with van der Waals surface area (Å²) >= 11 is 0. The van der Waals surface area contributed by atoms with E-state index in [1.165, 1.54) is 18.4 Å². The minimum atomic E-state index is -3.83. The van der Waals surface area contributed by atoms with Crippen LogP contribution in [0.3, 0.4) is 0 Å². The van der Waals surface area contributed by atoms with Crippen molar-refractivity contribution in [3.63, 3.8) is 0 Å². The van der Waals surface area contributed by atoms with E-state index in [1.54, 1.807) is 35.2 Å². The zero-order chi connectivity index (χ0) is 23.1. The van der Waals surface area contributed by atoms with E-state index in [2.05, 4.69) is 10.0 Å². The summed E-state index contributed by atoms with van der Waals surface area (Å²) in [4.78, 5) is 28.1. The second-order valence-electron chi connectivity index (χ2n) is 8.36. The van der Waals surface area contributed by atoms with Crippen molar-refractivity contribution in [2.24, 2.45) is 5.92 Å². The molecule has 174 valence electrons. The van der Waals surface area contributed by atoms with Gasteiger partial charge in [0.1, 0.15) is 11.8 Å². The van der Waals surface area contributed by atoms with Crippen LogP contribution in [0.4, 0.5) is 0 Å². The van der Waals surface area contributed by atoms with Gasteiger partial charge >= 0.3 is 0 Å². The number of sulfonamides is 1. The highest BCUT2D eigenvalue weighted by atomic mass is 32.2. The number of hydrogen-bond acceptors (Lipinski definition) is 5. The molecule has 2 N–H and O–H groups in total. The van der Waals surface area contributed by atoms with Crippen LogP contribution in [0, 0.1) is 5.92 Å².